The quantitative estimate of drug-likeness (QED) is 0.355. The second-order valence-corrected chi connectivity index (χ2v) is 11.0. The molecule has 2 fully saturated rings. The van der Waals surface area contributed by atoms with Gasteiger partial charge in [-0.3, -0.25) is 19.2 Å². The van der Waals surface area contributed by atoms with E-state index >= 15 is 0 Å². The van der Waals surface area contributed by atoms with E-state index in [9.17, 15) is 24.4 Å². The Balaban J connectivity index is 1.45. The van der Waals surface area contributed by atoms with Crippen molar-refractivity contribution < 1.29 is 23.9 Å². The van der Waals surface area contributed by atoms with Gasteiger partial charge in [0.15, 0.2) is 0 Å². The normalized spacial score (nSPS) is 20.5. The standard InChI is InChI=1S/C29H38N6O5/c1-17(2)13-23(34-27(37)22-15-20-21(33-22)8-4-10-25(20)40-3)29(39)35-12-6-9-24(35)28(38)32-19(16-30)14-18-7-5-11-31-26(18)36/h4,8,10,15,17-19,23-24,33H,5-7,9,11-14H2,1-3H3,(H,31,36)(H,32,38)(H,34,37)/t18-,19-,23-,24-/m0/s1. The predicted molar refractivity (Wildman–Crippen MR) is 148 cm³/mol. The van der Waals surface area contributed by atoms with Crippen LogP contribution in [0.15, 0.2) is 24.3 Å². The summed E-state index contributed by atoms with van der Waals surface area (Å²) in [6.45, 7) is 4.94. The molecule has 40 heavy (non-hydrogen) atoms. The average Bonchev–Trinajstić information content (AvgIpc) is 3.60. The maximum atomic E-state index is 13.7. The fourth-order valence-electron chi connectivity index (χ4n) is 5.62. The van der Waals surface area contributed by atoms with E-state index in [2.05, 4.69) is 27.0 Å². The number of piperidine rings is 1. The molecule has 4 N–H and O–H groups in total. The zero-order valence-corrected chi connectivity index (χ0v) is 23.3. The number of likely N-dealkylation sites (tertiary alicyclic amines) is 1. The summed E-state index contributed by atoms with van der Waals surface area (Å²) in [5.74, 6) is -0.841. The van der Waals surface area contributed by atoms with E-state index < -0.39 is 29.9 Å². The third kappa shape index (κ3) is 6.55. The molecule has 0 aliphatic carbocycles. The highest BCUT2D eigenvalue weighted by molar-refractivity contribution is 6.02. The number of nitriles is 1. The second-order valence-electron chi connectivity index (χ2n) is 11.0. The van der Waals surface area contributed by atoms with Crippen LogP contribution in [0.25, 0.3) is 10.9 Å². The number of carbonyl (C=O) groups is 4. The number of methoxy groups -OCH3 is 1. The molecule has 11 heteroatoms. The van der Waals surface area contributed by atoms with Crippen molar-refractivity contribution >= 4 is 34.5 Å². The number of aromatic nitrogens is 1. The summed E-state index contributed by atoms with van der Waals surface area (Å²) in [6, 6.07) is 6.86. The van der Waals surface area contributed by atoms with E-state index in [0.29, 0.717) is 50.2 Å². The third-order valence-corrected chi connectivity index (χ3v) is 7.63. The molecule has 2 aliphatic heterocycles. The molecule has 0 bridgehead atoms. The number of rotatable bonds is 10. The molecule has 0 radical (unpaired) electrons. The molecule has 4 rings (SSSR count). The fourth-order valence-corrected chi connectivity index (χ4v) is 5.62. The lowest BCUT2D eigenvalue weighted by Gasteiger charge is -2.30. The Morgan fingerprint density at radius 3 is 2.70 bits per heavy atom. The molecule has 2 aliphatic rings. The molecule has 4 amide bonds. The number of benzene rings is 1. The van der Waals surface area contributed by atoms with Gasteiger partial charge in [-0.05, 0) is 62.6 Å². The average molecular weight is 551 g/mol. The van der Waals surface area contributed by atoms with Gasteiger partial charge in [-0.25, -0.2) is 0 Å². The highest BCUT2D eigenvalue weighted by Gasteiger charge is 2.39. The van der Waals surface area contributed by atoms with E-state index in [4.69, 9.17) is 4.74 Å². The van der Waals surface area contributed by atoms with E-state index in [1.165, 1.54) is 4.90 Å². The number of ether oxygens (including phenoxy) is 1. The summed E-state index contributed by atoms with van der Waals surface area (Å²) in [4.78, 5) is 56.9. The van der Waals surface area contributed by atoms with Crippen molar-refractivity contribution in [3.05, 3.63) is 30.0 Å². The predicted octanol–water partition coefficient (Wildman–Crippen LogP) is 2.24. The zero-order chi connectivity index (χ0) is 28.8. The van der Waals surface area contributed by atoms with Crippen LogP contribution in [-0.4, -0.2) is 71.8 Å². The number of amides is 4. The molecule has 1 aromatic carbocycles. The van der Waals surface area contributed by atoms with Gasteiger partial charge in [-0.2, -0.15) is 5.26 Å². The van der Waals surface area contributed by atoms with Crippen LogP contribution < -0.4 is 20.7 Å². The zero-order valence-electron chi connectivity index (χ0n) is 23.3. The summed E-state index contributed by atoms with van der Waals surface area (Å²) in [6.07, 6.45) is 3.24. The van der Waals surface area contributed by atoms with Gasteiger partial charge in [0.1, 0.15) is 29.6 Å². The molecule has 0 unspecified atom stereocenters. The number of hydrogen-bond donors (Lipinski definition) is 4. The van der Waals surface area contributed by atoms with Crippen LogP contribution >= 0.6 is 0 Å². The van der Waals surface area contributed by atoms with Gasteiger partial charge in [-0.15, -0.1) is 0 Å². The summed E-state index contributed by atoms with van der Waals surface area (Å²) in [7, 11) is 1.56. The largest absolute Gasteiger partial charge is 0.496 e. The smallest absolute Gasteiger partial charge is 0.268 e. The molecule has 3 heterocycles. The first kappa shape index (κ1) is 28.9. The van der Waals surface area contributed by atoms with Crippen LogP contribution in [0.2, 0.25) is 0 Å². The lowest BCUT2D eigenvalue weighted by molar-refractivity contribution is -0.140. The van der Waals surface area contributed by atoms with E-state index in [-0.39, 0.29) is 30.1 Å². The Kier molecular flexibility index (Phi) is 9.30. The molecular weight excluding hydrogens is 512 g/mol. The van der Waals surface area contributed by atoms with E-state index in [1.54, 1.807) is 13.2 Å². The highest BCUT2D eigenvalue weighted by atomic mass is 16.5. The maximum absolute atomic E-state index is 13.7. The van der Waals surface area contributed by atoms with Crippen molar-refractivity contribution in [1.82, 2.24) is 25.8 Å². The van der Waals surface area contributed by atoms with Crippen LogP contribution in [0.3, 0.4) is 0 Å². The first-order chi connectivity index (χ1) is 19.2. The van der Waals surface area contributed by atoms with Crippen molar-refractivity contribution in [3.8, 4) is 11.8 Å². The SMILES string of the molecule is COc1cccc2[nH]c(C(=O)N[C@@H](CC(C)C)C(=O)N3CCC[C@H]3C(=O)N[C@H](C#N)C[C@@H]3CCCNC3=O)cc12. The van der Waals surface area contributed by atoms with Crippen molar-refractivity contribution in [2.45, 2.75) is 70.5 Å². The number of nitrogens with zero attached hydrogens (tertiary/aromatic N) is 2. The number of fused-ring (bicyclic) bond motifs is 1. The highest BCUT2D eigenvalue weighted by Crippen LogP contribution is 2.27. The Bertz CT molecular complexity index is 1300. The van der Waals surface area contributed by atoms with Crippen LogP contribution in [0.5, 0.6) is 5.75 Å². The van der Waals surface area contributed by atoms with Crippen LogP contribution in [0.4, 0.5) is 0 Å². The van der Waals surface area contributed by atoms with Crippen molar-refractivity contribution in [3.63, 3.8) is 0 Å². The van der Waals surface area contributed by atoms with E-state index in [1.807, 2.05) is 32.0 Å². The van der Waals surface area contributed by atoms with Crippen molar-refractivity contribution in [2.24, 2.45) is 11.8 Å². The van der Waals surface area contributed by atoms with E-state index in [0.717, 1.165) is 17.3 Å². The molecule has 0 spiro atoms. The summed E-state index contributed by atoms with van der Waals surface area (Å²) in [5.41, 5.74) is 1.05. The number of H-pyrrole nitrogens is 1. The lowest BCUT2D eigenvalue weighted by Crippen LogP contribution is -2.55. The van der Waals surface area contributed by atoms with Gasteiger partial charge in [0.05, 0.1) is 13.2 Å². The topological polar surface area (TPSA) is 156 Å². The first-order valence-corrected chi connectivity index (χ1v) is 14.0. The summed E-state index contributed by atoms with van der Waals surface area (Å²) in [5, 5.41) is 18.9. The molecule has 2 aromatic rings. The molecule has 0 saturated carbocycles. The number of carbonyl (C=O) groups excluding carboxylic acids is 4. The van der Waals surface area contributed by atoms with Crippen molar-refractivity contribution in [2.75, 3.05) is 20.2 Å². The molecule has 11 nitrogen and oxygen atoms in total. The van der Waals surface area contributed by atoms with Gasteiger partial charge < -0.3 is 30.6 Å². The first-order valence-electron chi connectivity index (χ1n) is 14.0. The number of nitrogens with one attached hydrogen (secondary N) is 4. The molecule has 2 saturated heterocycles. The Morgan fingerprint density at radius 1 is 1.20 bits per heavy atom. The van der Waals surface area contributed by atoms with Crippen LogP contribution in [0.1, 0.15) is 62.9 Å². The minimum atomic E-state index is -0.830. The molecular formula is C29H38N6O5. The fraction of sp³-hybridized carbons (Fsp3) is 0.552. The molecule has 4 atom stereocenters. The van der Waals surface area contributed by atoms with Gasteiger partial charge in [-0.1, -0.05) is 19.9 Å². The van der Waals surface area contributed by atoms with Gasteiger partial charge >= 0.3 is 0 Å². The Hall–Kier alpha value is -4.07. The van der Waals surface area contributed by atoms with Crippen LogP contribution in [-0.2, 0) is 14.4 Å². The molecule has 1 aromatic heterocycles. The lowest BCUT2D eigenvalue weighted by atomic mass is 9.92. The summed E-state index contributed by atoms with van der Waals surface area (Å²) < 4.78 is 5.39. The van der Waals surface area contributed by atoms with Gasteiger partial charge in [0.25, 0.3) is 5.91 Å². The Morgan fingerprint density at radius 2 is 2.00 bits per heavy atom. The summed E-state index contributed by atoms with van der Waals surface area (Å²) >= 11 is 0. The minimum absolute atomic E-state index is 0.0981. The minimum Gasteiger partial charge on any atom is -0.496 e. The number of aromatic amines is 1. The third-order valence-electron chi connectivity index (χ3n) is 7.63. The maximum Gasteiger partial charge on any atom is 0.268 e. The van der Waals surface area contributed by atoms with Gasteiger partial charge in [0.2, 0.25) is 17.7 Å². The monoisotopic (exact) mass is 550 g/mol. The second kappa shape index (κ2) is 12.9. The van der Waals surface area contributed by atoms with Crippen LogP contribution in [0, 0.1) is 23.2 Å². The van der Waals surface area contributed by atoms with Gasteiger partial charge in [0, 0.05) is 29.9 Å². The Labute approximate surface area is 234 Å². The number of hydrogen-bond acceptors (Lipinski definition) is 6. The molecule has 214 valence electrons. The van der Waals surface area contributed by atoms with Crippen molar-refractivity contribution in [1.29, 1.82) is 5.26 Å².